The molecule has 0 aliphatic carbocycles. The molecule has 1 unspecified atom stereocenters. The van der Waals surface area contributed by atoms with Crippen LogP contribution >= 0.6 is 11.3 Å². The molecular formula is C15H20N2S. The van der Waals surface area contributed by atoms with Gasteiger partial charge in [-0.25, -0.2) is 4.98 Å². The lowest BCUT2D eigenvalue weighted by Gasteiger charge is -2.09. The van der Waals surface area contributed by atoms with Gasteiger partial charge >= 0.3 is 0 Å². The number of nitrogens with two attached hydrogens (primary N) is 1. The quantitative estimate of drug-likeness (QED) is 0.865. The second-order valence-electron chi connectivity index (χ2n) is 4.70. The van der Waals surface area contributed by atoms with Crippen molar-refractivity contribution in [3.8, 4) is 0 Å². The number of benzene rings is 1. The van der Waals surface area contributed by atoms with Crippen molar-refractivity contribution in [2.75, 3.05) is 0 Å². The Bertz CT molecular complexity index is 464. The molecule has 0 bridgehead atoms. The number of rotatable bonds is 6. The fourth-order valence-electron chi connectivity index (χ4n) is 2.09. The van der Waals surface area contributed by atoms with E-state index in [-0.39, 0.29) is 6.04 Å². The summed E-state index contributed by atoms with van der Waals surface area (Å²) < 4.78 is 0. The van der Waals surface area contributed by atoms with Crippen LogP contribution < -0.4 is 5.73 Å². The maximum Gasteiger partial charge on any atom is 0.0897 e. The highest BCUT2D eigenvalue weighted by molar-refractivity contribution is 7.09. The molecule has 0 radical (unpaired) electrons. The highest BCUT2D eigenvalue weighted by Gasteiger charge is 2.06. The van der Waals surface area contributed by atoms with E-state index in [1.807, 2.05) is 6.92 Å². The predicted octanol–water partition coefficient (Wildman–Crippen LogP) is 3.34. The zero-order chi connectivity index (χ0) is 12.8. The molecule has 0 saturated heterocycles. The Kier molecular flexibility index (Phi) is 4.90. The summed E-state index contributed by atoms with van der Waals surface area (Å²) in [5.41, 5.74) is 8.68. The Morgan fingerprint density at radius 2 is 2.06 bits per heavy atom. The van der Waals surface area contributed by atoms with Crippen molar-refractivity contribution < 1.29 is 0 Å². The van der Waals surface area contributed by atoms with E-state index in [1.165, 1.54) is 5.56 Å². The van der Waals surface area contributed by atoms with E-state index in [0.717, 1.165) is 36.4 Å². The maximum atomic E-state index is 6.14. The van der Waals surface area contributed by atoms with Crippen LogP contribution in [0.1, 0.15) is 29.1 Å². The lowest BCUT2D eigenvalue weighted by molar-refractivity contribution is 0.575. The van der Waals surface area contributed by atoms with Crippen LogP contribution in [0.2, 0.25) is 0 Å². The summed E-state index contributed by atoms with van der Waals surface area (Å²) in [6, 6.07) is 10.8. The molecular weight excluding hydrogens is 240 g/mol. The molecule has 2 nitrogen and oxygen atoms in total. The van der Waals surface area contributed by atoms with Gasteiger partial charge < -0.3 is 5.73 Å². The summed E-state index contributed by atoms with van der Waals surface area (Å²) >= 11 is 1.70. The van der Waals surface area contributed by atoms with Crippen LogP contribution in [-0.2, 0) is 12.8 Å². The van der Waals surface area contributed by atoms with Crippen molar-refractivity contribution in [2.45, 2.75) is 38.6 Å². The molecule has 0 saturated carbocycles. The van der Waals surface area contributed by atoms with Crippen molar-refractivity contribution in [1.29, 1.82) is 0 Å². The minimum Gasteiger partial charge on any atom is -0.327 e. The van der Waals surface area contributed by atoms with Gasteiger partial charge in [-0.3, -0.25) is 0 Å². The lowest BCUT2D eigenvalue weighted by atomic mass is 10.0. The Hall–Kier alpha value is -1.19. The van der Waals surface area contributed by atoms with Gasteiger partial charge in [0, 0.05) is 17.8 Å². The predicted molar refractivity (Wildman–Crippen MR) is 77.9 cm³/mol. The summed E-state index contributed by atoms with van der Waals surface area (Å²) in [6.45, 7) is 2.04. The molecule has 96 valence electrons. The monoisotopic (exact) mass is 260 g/mol. The summed E-state index contributed by atoms with van der Waals surface area (Å²) in [4.78, 5) is 4.46. The highest BCUT2D eigenvalue weighted by Crippen LogP contribution is 2.12. The molecule has 1 atom stereocenters. The smallest absolute Gasteiger partial charge is 0.0897 e. The van der Waals surface area contributed by atoms with Gasteiger partial charge in [-0.05, 0) is 31.7 Å². The summed E-state index contributed by atoms with van der Waals surface area (Å²) in [6.07, 6.45) is 4.23. The third-order valence-electron chi connectivity index (χ3n) is 3.02. The van der Waals surface area contributed by atoms with Crippen LogP contribution in [0.15, 0.2) is 35.7 Å². The van der Waals surface area contributed by atoms with Crippen molar-refractivity contribution in [1.82, 2.24) is 4.98 Å². The van der Waals surface area contributed by atoms with E-state index >= 15 is 0 Å². The van der Waals surface area contributed by atoms with E-state index in [9.17, 15) is 0 Å². The van der Waals surface area contributed by atoms with E-state index in [2.05, 4.69) is 40.7 Å². The topological polar surface area (TPSA) is 38.9 Å². The number of aromatic nitrogens is 1. The Morgan fingerprint density at radius 1 is 1.28 bits per heavy atom. The molecule has 0 fully saturated rings. The molecule has 2 rings (SSSR count). The molecule has 0 aliphatic heterocycles. The SMILES string of the molecule is Cc1nc(CC(N)CCCc2ccccc2)cs1. The van der Waals surface area contributed by atoms with Crippen molar-refractivity contribution in [2.24, 2.45) is 5.73 Å². The van der Waals surface area contributed by atoms with E-state index in [0.29, 0.717) is 0 Å². The molecule has 0 amide bonds. The maximum absolute atomic E-state index is 6.14. The number of hydrogen-bond donors (Lipinski definition) is 1. The summed E-state index contributed by atoms with van der Waals surface area (Å²) in [7, 11) is 0. The number of nitrogens with zero attached hydrogens (tertiary/aromatic N) is 1. The summed E-state index contributed by atoms with van der Waals surface area (Å²) in [5, 5.41) is 3.24. The van der Waals surface area contributed by atoms with Crippen LogP contribution in [0.3, 0.4) is 0 Å². The first-order valence-electron chi connectivity index (χ1n) is 6.44. The fraction of sp³-hybridized carbons (Fsp3) is 0.400. The first-order chi connectivity index (χ1) is 8.74. The van der Waals surface area contributed by atoms with E-state index in [4.69, 9.17) is 5.73 Å². The summed E-state index contributed by atoms with van der Waals surface area (Å²) in [5.74, 6) is 0. The van der Waals surface area contributed by atoms with Crippen molar-refractivity contribution in [3.05, 3.63) is 52.0 Å². The van der Waals surface area contributed by atoms with Crippen LogP contribution in [0.5, 0.6) is 0 Å². The molecule has 1 aromatic heterocycles. The average Bonchev–Trinajstić information content (AvgIpc) is 2.76. The van der Waals surface area contributed by atoms with Gasteiger partial charge in [0.25, 0.3) is 0 Å². The molecule has 2 N–H and O–H groups in total. The fourth-order valence-corrected chi connectivity index (χ4v) is 2.71. The van der Waals surface area contributed by atoms with Gasteiger partial charge in [-0.2, -0.15) is 0 Å². The van der Waals surface area contributed by atoms with Gasteiger partial charge in [0.2, 0.25) is 0 Å². The van der Waals surface area contributed by atoms with Gasteiger partial charge in [0.05, 0.1) is 10.7 Å². The highest BCUT2D eigenvalue weighted by atomic mass is 32.1. The van der Waals surface area contributed by atoms with Crippen molar-refractivity contribution in [3.63, 3.8) is 0 Å². The lowest BCUT2D eigenvalue weighted by Crippen LogP contribution is -2.23. The van der Waals surface area contributed by atoms with E-state index < -0.39 is 0 Å². The third-order valence-corrected chi connectivity index (χ3v) is 3.84. The minimum absolute atomic E-state index is 0.232. The normalized spacial score (nSPS) is 12.6. The van der Waals surface area contributed by atoms with E-state index in [1.54, 1.807) is 11.3 Å². The van der Waals surface area contributed by atoms with Gasteiger partial charge in [0.15, 0.2) is 0 Å². The van der Waals surface area contributed by atoms with Crippen molar-refractivity contribution >= 4 is 11.3 Å². The Balaban J connectivity index is 1.70. The number of hydrogen-bond acceptors (Lipinski definition) is 3. The largest absolute Gasteiger partial charge is 0.327 e. The second-order valence-corrected chi connectivity index (χ2v) is 5.76. The number of thiazole rings is 1. The number of aryl methyl sites for hydroxylation is 2. The average molecular weight is 260 g/mol. The first-order valence-corrected chi connectivity index (χ1v) is 7.32. The molecule has 3 heteroatoms. The Labute approximate surface area is 113 Å². The second kappa shape index (κ2) is 6.66. The molecule has 1 aromatic carbocycles. The third kappa shape index (κ3) is 4.24. The van der Waals surface area contributed by atoms with Crippen LogP contribution in [0, 0.1) is 6.92 Å². The minimum atomic E-state index is 0.232. The molecule has 0 spiro atoms. The first kappa shape index (κ1) is 13.2. The molecule has 1 heterocycles. The van der Waals surface area contributed by atoms with Crippen LogP contribution in [-0.4, -0.2) is 11.0 Å². The standard InChI is InChI=1S/C15H20N2S/c1-12-17-15(11-18-12)10-14(16)9-5-8-13-6-3-2-4-7-13/h2-4,6-7,11,14H,5,8-10,16H2,1H3. The zero-order valence-corrected chi connectivity index (χ0v) is 11.6. The van der Waals surface area contributed by atoms with Crippen LogP contribution in [0.25, 0.3) is 0 Å². The Morgan fingerprint density at radius 3 is 2.72 bits per heavy atom. The zero-order valence-electron chi connectivity index (χ0n) is 10.8. The van der Waals surface area contributed by atoms with Gasteiger partial charge in [-0.1, -0.05) is 30.3 Å². The van der Waals surface area contributed by atoms with Gasteiger partial charge in [0.1, 0.15) is 0 Å². The van der Waals surface area contributed by atoms with Crippen LogP contribution in [0.4, 0.5) is 0 Å². The molecule has 18 heavy (non-hydrogen) atoms. The molecule has 0 aliphatic rings. The molecule has 2 aromatic rings. The van der Waals surface area contributed by atoms with Gasteiger partial charge in [-0.15, -0.1) is 11.3 Å².